The van der Waals surface area contributed by atoms with Crippen LogP contribution in [0.2, 0.25) is 5.02 Å². The van der Waals surface area contributed by atoms with E-state index < -0.39 is 22.2 Å². The summed E-state index contributed by atoms with van der Waals surface area (Å²) in [6.45, 7) is 0. The summed E-state index contributed by atoms with van der Waals surface area (Å²) in [5.74, 6) is -1.79. The number of nitriles is 1. The number of nitrogens with one attached hydrogen (secondary N) is 3. The molecule has 196 valence electrons. The number of carboxylic acids is 1. The van der Waals surface area contributed by atoms with E-state index in [1.54, 1.807) is 42.5 Å². The quantitative estimate of drug-likeness (QED) is 0.290. The van der Waals surface area contributed by atoms with Crippen LogP contribution in [0.15, 0.2) is 58.6 Å². The van der Waals surface area contributed by atoms with Gasteiger partial charge in [0.2, 0.25) is 10.0 Å². The van der Waals surface area contributed by atoms with E-state index in [1.165, 1.54) is 25.1 Å². The lowest BCUT2D eigenvalue weighted by Crippen LogP contribution is -2.21. The molecule has 1 heterocycles. The predicted molar refractivity (Wildman–Crippen MR) is 133 cm³/mol. The Morgan fingerprint density at radius 1 is 1.11 bits per heavy atom. The molecule has 0 unspecified atom stereocenters. The number of halogens is 4. The first kappa shape index (κ1) is 29.6. The van der Waals surface area contributed by atoms with E-state index in [0.29, 0.717) is 33.6 Å². The maximum absolute atomic E-state index is 12.1. The van der Waals surface area contributed by atoms with Crippen molar-refractivity contribution in [1.29, 1.82) is 5.26 Å². The van der Waals surface area contributed by atoms with Crippen molar-refractivity contribution in [1.82, 2.24) is 14.7 Å². The molecule has 0 fully saturated rings. The molecule has 0 saturated heterocycles. The van der Waals surface area contributed by atoms with Gasteiger partial charge in [-0.25, -0.2) is 27.9 Å². The van der Waals surface area contributed by atoms with Crippen LogP contribution in [0.3, 0.4) is 0 Å². The van der Waals surface area contributed by atoms with Crippen LogP contribution in [0.25, 0.3) is 0 Å². The van der Waals surface area contributed by atoms with Gasteiger partial charge in [0, 0.05) is 16.6 Å². The first-order chi connectivity index (χ1) is 17.3. The van der Waals surface area contributed by atoms with E-state index in [-0.39, 0.29) is 4.90 Å². The number of carboxylic acid groups (broad SMARTS) is 1. The van der Waals surface area contributed by atoms with Gasteiger partial charge in [0.25, 0.3) is 0 Å². The SMILES string of the molecule is CNS(=O)(=O)c1ccc(SC)c(Nc2cc(Nc3ccc(C#N)c(Cl)c3)ncn2)c1.O=C(O)C(F)(F)F. The Morgan fingerprint density at radius 3 is 2.24 bits per heavy atom. The molecule has 0 radical (unpaired) electrons. The van der Waals surface area contributed by atoms with Crippen LogP contribution in [0.5, 0.6) is 0 Å². The van der Waals surface area contributed by atoms with Crippen molar-refractivity contribution in [3.63, 3.8) is 0 Å². The van der Waals surface area contributed by atoms with Crippen molar-refractivity contribution in [2.75, 3.05) is 23.9 Å². The first-order valence-electron chi connectivity index (χ1n) is 9.78. The Kier molecular flexibility index (Phi) is 10.1. The number of sulfonamides is 1. The number of benzene rings is 2. The van der Waals surface area contributed by atoms with E-state index in [1.807, 2.05) is 12.3 Å². The molecule has 10 nitrogen and oxygen atoms in total. The predicted octanol–water partition coefficient (Wildman–Crippen LogP) is 4.75. The smallest absolute Gasteiger partial charge is 0.475 e. The molecule has 0 spiro atoms. The number of anilines is 4. The highest BCUT2D eigenvalue weighted by Gasteiger charge is 2.38. The fourth-order valence-electron chi connectivity index (χ4n) is 2.53. The van der Waals surface area contributed by atoms with Crippen molar-refractivity contribution in [3.8, 4) is 6.07 Å². The molecule has 2 aromatic carbocycles. The molecule has 0 atom stereocenters. The second-order valence-electron chi connectivity index (χ2n) is 6.72. The fourth-order valence-corrected chi connectivity index (χ4v) is 4.05. The van der Waals surface area contributed by atoms with E-state index in [9.17, 15) is 21.6 Å². The van der Waals surface area contributed by atoms with Gasteiger partial charge in [0.15, 0.2) is 0 Å². The first-order valence-corrected chi connectivity index (χ1v) is 12.9. The van der Waals surface area contributed by atoms with Gasteiger partial charge in [-0.05, 0) is 49.7 Å². The highest BCUT2D eigenvalue weighted by atomic mass is 35.5. The van der Waals surface area contributed by atoms with Crippen molar-refractivity contribution < 1.29 is 31.5 Å². The zero-order valence-corrected chi connectivity index (χ0v) is 21.3. The number of nitrogens with zero attached hydrogens (tertiary/aromatic N) is 3. The number of carbonyl (C=O) groups is 1. The summed E-state index contributed by atoms with van der Waals surface area (Å²) in [5.41, 5.74) is 1.65. The van der Waals surface area contributed by atoms with Crippen LogP contribution in [-0.4, -0.2) is 48.9 Å². The fraction of sp³-hybridized carbons (Fsp3) is 0.143. The van der Waals surface area contributed by atoms with Gasteiger partial charge in [0.05, 0.1) is 21.2 Å². The monoisotopic (exact) mass is 574 g/mol. The Balaban J connectivity index is 0.000000604. The zero-order chi connectivity index (χ0) is 27.8. The van der Waals surface area contributed by atoms with E-state index in [0.717, 1.165) is 4.90 Å². The highest BCUT2D eigenvalue weighted by molar-refractivity contribution is 7.98. The molecule has 3 aromatic rings. The molecule has 0 aliphatic carbocycles. The van der Waals surface area contributed by atoms with Crippen molar-refractivity contribution >= 4 is 62.4 Å². The van der Waals surface area contributed by atoms with Gasteiger partial charge < -0.3 is 15.7 Å². The number of thioether (sulfide) groups is 1. The molecule has 0 bridgehead atoms. The molecule has 16 heteroatoms. The maximum Gasteiger partial charge on any atom is 0.490 e. The second-order valence-corrected chi connectivity index (χ2v) is 9.86. The number of alkyl halides is 3. The summed E-state index contributed by atoms with van der Waals surface area (Å²) in [7, 11) is -2.21. The van der Waals surface area contributed by atoms with Gasteiger partial charge in [-0.2, -0.15) is 18.4 Å². The van der Waals surface area contributed by atoms with Crippen LogP contribution >= 0.6 is 23.4 Å². The van der Waals surface area contributed by atoms with E-state index in [2.05, 4.69) is 25.3 Å². The van der Waals surface area contributed by atoms with Crippen LogP contribution in [0.4, 0.5) is 36.2 Å². The van der Waals surface area contributed by atoms with Crippen LogP contribution < -0.4 is 15.4 Å². The minimum absolute atomic E-state index is 0.143. The lowest BCUT2D eigenvalue weighted by atomic mass is 10.2. The van der Waals surface area contributed by atoms with Crippen LogP contribution in [0, 0.1) is 11.3 Å². The third-order valence-corrected chi connectivity index (χ3v) is 6.80. The average Bonchev–Trinajstić information content (AvgIpc) is 2.84. The van der Waals surface area contributed by atoms with Gasteiger partial charge in [-0.3, -0.25) is 0 Å². The molecule has 37 heavy (non-hydrogen) atoms. The van der Waals surface area contributed by atoms with Crippen LogP contribution in [0.1, 0.15) is 5.56 Å². The highest BCUT2D eigenvalue weighted by Crippen LogP contribution is 2.31. The lowest BCUT2D eigenvalue weighted by Gasteiger charge is -2.13. The summed E-state index contributed by atoms with van der Waals surface area (Å²) in [5, 5.41) is 22.7. The standard InChI is InChI=1S/C19H17ClN6O2S2.C2HF3O2/c1-22-30(27,28)14-5-6-17(29-2)16(8-14)26-19-9-18(23-11-24-19)25-13-4-3-12(10-21)15(20)7-13;3-2(4,5)1(6)7/h3-9,11,22H,1-2H3,(H2,23,24,25,26);(H,6,7). The van der Waals surface area contributed by atoms with Crippen molar-refractivity contribution in [2.24, 2.45) is 0 Å². The van der Waals surface area contributed by atoms with E-state index >= 15 is 0 Å². The summed E-state index contributed by atoms with van der Waals surface area (Å²) in [4.78, 5) is 18.3. The third-order valence-electron chi connectivity index (χ3n) is 4.28. The van der Waals surface area contributed by atoms with E-state index in [4.69, 9.17) is 26.8 Å². The molecule has 0 aliphatic rings. The van der Waals surface area contributed by atoms with Crippen molar-refractivity contribution in [3.05, 3.63) is 59.4 Å². The molecular formula is C21H18ClF3N6O4S2. The second kappa shape index (κ2) is 12.6. The molecule has 1 aromatic heterocycles. The molecule has 4 N–H and O–H groups in total. The Bertz CT molecular complexity index is 1430. The molecule has 0 saturated carbocycles. The summed E-state index contributed by atoms with van der Waals surface area (Å²) >= 11 is 7.54. The van der Waals surface area contributed by atoms with Crippen LogP contribution in [-0.2, 0) is 14.8 Å². The molecule has 0 amide bonds. The molecule has 3 rings (SSSR count). The number of hydrogen-bond donors (Lipinski definition) is 4. The molecular weight excluding hydrogens is 557 g/mol. The zero-order valence-electron chi connectivity index (χ0n) is 19.0. The van der Waals surface area contributed by atoms with Gasteiger partial charge >= 0.3 is 12.1 Å². The Labute approximate surface area is 218 Å². The van der Waals surface area contributed by atoms with Gasteiger partial charge in [-0.15, -0.1) is 11.8 Å². The summed E-state index contributed by atoms with van der Waals surface area (Å²) in [6.07, 6.45) is -1.81. The van der Waals surface area contributed by atoms with Gasteiger partial charge in [0.1, 0.15) is 24.0 Å². The lowest BCUT2D eigenvalue weighted by molar-refractivity contribution is -0.192. The largest absolute Gasteiger partial charge is 0.490 e. The molecule has 0 aliphatic heterocycles. The maximum atomic E-state index is 12.1. The number of aromatic nitrogens is 2. The number of rotatable bonds is 7. The van der Waals surface area contributed by atoms with Gasteiger partial charge in [-0.1, -0.05) is 11.6 Å². The number of aliphatic carboxylic acids is 1. The Morgan fingerprint density at radius 2 is 1.73 bits per heavy atom. The summed E-state index contributed by atoms with van der Waals surface area (Å²) < 4.78 is 58.3. The summed E-state index contributed by atoms with van der Waals surface area (Å²) in [6, 6.07) is 13.5. The normalized spacial score (nSPS) is 11.1. The Hall–Kier alpha value is -3.58. The average molecular weight is 575 g/mol. The topological polar surface area (TPSA) is 157 Å². The third kappa shape index (κ3) is 8.50. The minimum atomic E-state index is -5.08. The van der Waals surface area contributed by atoms with Crippen molar-refractivity contribution in [2.45, 2.75) is 16.0 Å². The number of hydrogen-bond acceptors (Lipinski definition) is 9. The minimum Gasteiger partial charge on any atom is -0.475 e.